The van der Waals surface area contributed by atoms with E-state index in [0.717, 1.165) is 33.7 Å². The monoisotopic (exact) mass is 349 g/mol. The number of fused-ring (bicyclic) bond motifs is 1. The predicted octanol–water partition coefficient (Wildman–Crippen LogP) is 3.92. The quantitative estimate of drug-likeness (QED) is 0.701. The highest BCUT2D eigenvalue weighted by atomic mass is 16.5. The number of nitrogens with zero attached hydrogens (tertiary/aromatic N) is 3. The van der Waals surface area contributed by atoms with Gasteiger partial charge in [0.25, 0.3) is 5.91 Å². The van der Waals surface area contributed by atoms with E-state index in [1.807, 2.05) is 68.1 Å². The van der Waals surface area contributed by atoms with Crippen LogP contribution < -0.4 is 4.74 Å². The summed E-state index contributed by atoms with van der Waals surface area (Å²) in [5.74, 6) is 0.798. The molecule has 0 bridgehead atoms. The van der Waals surface area contributed by atoms with Gasteiger partial charge in [-0.05, 0) is 56.7 Å². The van der Waals surface area contributed by atoms with Crippen molar-refractivity contribution in [1.29, 1.82) is 0 Å². The molecule has 5 heteroatoms. The zero-order valence-electron chi connectivity index (χ0n) is 15.6. The summed E-state index contributed by atoms with van der Waals surface area (Å²) in [6.45, 7) is 7.03. The van der Waals surface area contributed by atoms with Crippen molar-refractivity contribution in [3.63, 3.8) is 0 Å². The van der Waals surface area contributed by atoms with Gasteiger partial charge in [0, 0.05) is 18.7 Å². The van der Waals surface area contributed by atoms with Crippen molar-refractivity contribution < 1.29 is 9.53 Å². The molecular formula is C21H23N3O2. The van der Waals surface area contributed by atoms with Gasteiger partial charge in [0.1, 0.15) is 5.75 Å². The average molecular weight is 349 g/mol. The molecule has 134 valence electrons. The van der Waals surface area contributed by atoms with Crippen molar-refractivity contribution in [3.8, 4) is 5.75 Å². The summed E-state index contributed by atoms with van der Waals surface area (Å²) in [7, 11) is 1.64. The van der Waals surface area contributed by atoms with E-state index in [-0.39, 0.29) is 5.91 Å². The summed E-state index contributed by atoms with van der Waals surface area (Å²) in [6, 6.07) is 13.3. The third-order valence-electron chi connectivity index (χ3n) is 4.52. The summed E-state index contributed by atoms with van der Waals surface area (Å²) in [5, 5.41) is 0. The number of rotatable bonds is 5. The maximum absolute atomic E-state index is 13.0. The molecule has 0 saturated carbocycles. The van der Waals surface area contributed by atoms with Gasteiger partial charge in [-0.1, -0.05) is 12.1 Å². The van der Waals surface area contributed by atoms with Crippen molar-refractivity contribution in [2.24, 2.45) is 0 Å². The number of aryl methyl sites for hydroxylation is 2. The largest absolute Gasteiger partial charge is 0.497 e. The first-order valence-corrected chi connectivity index (χ1v) is 8.69. The third kappa shape index (κ3) is 3.67. The van der Waals surface area contributed by atoms with Crippen LogP contribution in [0.4, 0.5) is 0 Å². The van der Waals surface area contributed by atoms with Gasteiger partial charge < -0.3 is 9.64 Å². The maximum atomic E-state index is 13.0. The lowest BCUT2D eigenvalue weighted by Gasteiger charge is -2.21. The van der Waals surface area contributed by atoms with Crippen molar-refractivity contribution in [3.05, 3.63) is 65.0 Å². The predicted molar refractivity (Wildman–Crippen MR) is 102 cm³/mol. The molecule has 1 amide bonds. The second kappa shape index (κ2) is 7.52. The molecule has 0 atom stereocenters. The van der Waals surface area contributed by atoms with E-state index in [9.17, 15) is 4.79 Å². The first-order valence-electron chi connectivity index (χ1n) is 8.69. The topological polar surface area (TPSA) is 55.3 Å². The Morgan fingerprint density at radius 3 is 2.27 bits per heavy atom. The van der Waals surface area contributed by atoms with Crippen molar-refractivity contribution in [2.45, 2.75) is 27.3 Å². The minimum Gasteiger partial charge on any atom is -0.497 e. The highest BCUT2D eigenvalue weighted by Crippen LogP contribution is 2.18. The number of benzene rings is 2. The molecular weight excluding hydrogens is 326 g/mol. The molecule has 0 N–H and O–H groups in total. The normalized spacial score (nSPS) is 10.8. The van der Waals surface area contributed by atoms with Gasteiger partial charge in [0.05, 0.1) is 29.5 Å². The molecule has 0 spiro atoms. The van der Waals surface area contributed by atoms with Crippen LogP contribution in [0.3, 0.4) is 0 Å². The standard InChI is InChI=1S/C21H23N3O2/c1-5-24(13-16-6-9-18(26-4)10-7-16)21(25)17-8-11-19-20(12-17)23-15(3)14(2)22-19/h6-12H,5,13H2,1-4H3. The Balaban J connectivity index is 1.85. The number of hydrogen-bond donors (Lipinski definition) is 0. The minimum absolute atomic E-state index is 0.00903. The molecule has 0 fully saturated rings. The highest BCUT2D eigenvalue weighted by Gasteiger charge is 2.16. The van der Waals surface area contributed by atoms with E-state index in [1.54, 1.807) is 7.11 Å². The van der Waals surface area contributed by atoms with E-state index in [2.05, 4.69) is 9.97 Å². The molecule has 3 rings (SSSR count). The minimum atomic E-state index is -0.00903. The second-order valence-electron chi connectivity index (χ2n) is 6.27. The van der Waals surface area contributed by atoms with E-state index >= 15 is 0 Å². The number of ether oxygens (including phenoxy) is 1. The van der Waals surface area contributed by atoms with Crippen molar-refractivity contribution >= 4 is 16.9 Å². The van der Waals surface area contributed by atoms with Gasteiger partial charge in [-0.25, -0.2) is 9.97 Å². The fourth-order valence-corrected chi connectivity index (χ4v) is 2.82. The van der Waals surface area contributed by atoms with E-state index < -0.39 is 0 Å². The van der Waals surface area contributed by atoms with Crippen LogP contribution in [0.2, 0.25) is 0 Å². The second-order valence-corrected chi connectivity index (χ2v) is 6.27. The third-order valence-corrected chi connectivity index (χ3v) is 4.52. The number of amides is 1. The lowest BCUT2D eigenvalue weighted by atomic mass is 10.1. The molecule has 0 aliphatic carbocycles. The van der Waals surface area contributed by atoms with E-state index in [4.69, 9.17) is 4.74 Å². The van der Waals surface area contributed by atoms with Crippen LogP contribution in [0.5, 0.6) is 5.75 Å². The van der Waals surface area contributed by atoms with E-state index in [0.29, 0.717) is 18.7 Å². The molecule has 1 aromatic heterocycles. The summed E-state index contributed by atoms with van der Waals surface area (Å²) in [4.78, 5) is 23.9. The average Bonchev–Trinajstić information content (AvgIpc) is 2.66. The van der Waals surface area contributed by atoms with E-state index in [1.165, 1.54) is 0 Å². The molecule has 0 aliphatic heterocycles. The van der Waals surface area contributed by atoms with Crippen LogP contribution in [-0.4, -0.2) is 34.4 Å². The Kier molecular flexibility index (Phi) is 5.16. The molecule has 0 unspecified atom stereocenters. The lowest BCUT2D eigenvalue weighted by Crippen LogP contribution is -2.30. The smallest absolute Gasteiger partial charge is 0.254 e. The first-order chi connectivity index (χ1) is 12.5. The molecule has 1 heterocycles. The van der Waals surface area contributed by atoms with Gasteiger partial charge in [0.15, 0.2) is 0 Å². The van der Waals surface area contributed by atoms with Crippen LogP contribution >= 0.6 is 0 Å². The molecule has 5 nitrogen and oxygen atoms in total. The SMILES string of the molecule is CCN(Cc1ccc(OC)cc1)C(=O)c1ccc2nc(C)c(C)nc2c1. The summed E-state index contributed by atoms with van der Waals surface area (Å²) in [6.07, 6.45) is 0. The highest BCUT2D eigenvalue weighted by molar-refractivity contribution is 5.97. The fraction of sp³-hybridized carbons (Fsp3) is 0.286. The number of aromatic nitrogens is 2. The van der Waals surface area contributed by atoms with Crippen LogP contribution in [0.1, 0.15) is 34.2 Å². The Hall–Kier alpha value is -2.95. The van der Waals surface area contributed by atoms with Gasteiger partial charge in [-0.15, -0.1) is 0 Å². The van der Waals surface area contributed by atoms with Crippen molar-refractivity contribution in [2.75, 3.05) is 13.7 Å². The molecule has 3 aromatic rings. The molecule has 2 aromatic carbocycles. The summed E-state index contributed by atoms with van der Waals surface area (Å²) >= 11 is 0. The lowest BCUT2D eigenvalue weighted by molar-refractivity contribution is 0.0752. The van der Waals surface area contributed by atoms with Gasteiger partial charge in [-0.2, -0.15) is 0 Å². The Morgan fingerprint density at radius 2 is 1.65 bits per heavy atom. The Bertz CT molecular complexity index is 936. The number of hydrogen-bond acceptors (Lipinski definition) is 4. The first kappa shape index (κ1) is 17.9. The van der Waals surface area contributed by atoms with Crippen LogP contribution in [0, 0.1) is 13.8 Å². The Morgan fingerprint density at radius 1 is 1.00 bits per heavy atom. The zero-order chi connectivity index (χ0) is 18.7. The van der Waals surface area contributed by atoms with Crippen LogP contribution in [0.15, 0.2) is 42.5 Å². The zero-order valence-corrected chi connectivity index (χ0v) is 15.6. The van der Waals surface area contributed by atoms with Gasteiger partial charge in [0.2, 0.25) is 0 Å². The molecule has 0 saturated heterocycles. The number of methoxy groups -OCH3 is 1. The van der Waals surface area contributed by atoms with Gasteiger partial charge >= 0.3 is 0 Å². The summed E-state index contributed by atoms with van der Waals surface area (Å²) < 4.78 is 5.18. The molecule has 0 radical (unpaired) electrons. The van der Waals surface area contributed by atoms with Crippen molar-refractivity contribution in [1.82, 2.24) is 14.9 Å². The Labute approximate surface area is 153 Å². The number of carbonyl (C=O) groups excluding carboxylic acids is 1. The molecule has 0 aliphatic rings. The van der Waals surface area contributed by atoms with Crippen LogP contribution in [0.25, 0.3) is 11.0 Å². The fourth-order valence-electron chi connectivity index (χ4n) is 2.82. The maximum Gasteiger partial charge on any atom is 0.254 e. The van der Waals surface area contributed by atoms with Gasteiger partial charge in [-0.3, -0.25) is 4.79 Å². The number of carbonyl (C=O) groups is 1. The molecule has 26 heavy (non-hydrogen) atoms. The summed E-state index contributed by atoms with van der Waals surface area (Å²) in [5.41, 5.74) is 5.04. The van der Waals surface area contributed by atoms with Crippen LogP contribution in [-0.2, 0) is 6.54 Å².